The number of carboxylic acid groups (broad SMARTS) is 1. The van der Waals surface area contributed by atoms with Crippen LogP contribution >= 0.6 is 0 Å². The highest BCUT2D eigenvalue weighted by molar-refractivity contribution is 5.71. The first-order valence-corrected chi connectivity index (χ1v) is 8.47. The molecule has 1 saturated heterocycles. The number of carbonyl (C=O) groups is 1. The summed E-state index contributed by atoms with van der Waals surface area (Å²) in [5, 5.41) is 9.59. The Balaban J connectivity index is 2.12. The van der Waals surface area contributed by atoms with Gasteiger partial charge in [0.05, 0.1) is 17.6 Å². The molecule has 0 radical (unpaired) electrons. The maximum Gasteiger partial charge on any atom is 0.308 e. The van der Waals surface area contributed by atoms with Crippen molar-refractivity contribution in [3.63, 3.8) is 0 Å². The highest BCUT2D eigenvalue weighted by atomic mass is 16.5. The lowest BCUT2D eigenvalue weighted by molar-refractivity contribution is -0.161. The molecule has 0 bridgehead atoms. The van der Waals surface area contributed by atoms with Crippen molar-refractivity contribution >= 4 is 5.97 Å². The Morgan fingerprint density at radius 3 is 2.67 bits per heavy atom. The van der Waals surface area contributed by atoms with Crippen LogP contribution in [0.5, 0.6) is 0 Å². The molecule has 1 heterocycles. The topological polar surface area (TPSA) is 49.8 Å². The quantitative estimate of drug-likeness (QED) is 0.866. The second-order valence-corrected chi connectivity index (χ2v) is 7.60. The average Bonchev–Trinajstić information content (AvgIpc) is 2.36. The van der Waals surface area contributed by atoms with E-state index in [0.29, 0.717) is 5.92 Å². The van der Waals surface area contributed by atoms with E-state index in [1.165, 1.54) is 12.8 Å². The van der Waals surface area contributed by atoms with Crippen LogP contribution in [-0.4, -0.2) is 46.8 Å². The minimum absolute atomic E-state index is 0.176. The molecule has 4 atom stereocenters. The van der Waals surface area contributed by atoms with Crippen LogP contribution in [0.15, 0.2) is 0 Å². The zero-order valence-corrected chi connectivity index (χ0v) is 14.0. The van der Waals surface area contributed by atoms with Crippen LogP contribution < -0.4 is 0 Å². The van der Waals surface area contributed by atoms with Crippen LogP contribution in [-0.2, 0) is 9.53 Å². The van der Waals surface area contributed by atoms with Gasteiger partial charge in [0, 0.05) is 19.1 Å². The monoisotopic (exact) mass is 297 g/mol. The summed E-state index contributed by atoms with van der Waals surface area (Å²) in [5.41, 5.74) is -0.182. The lowest BCUT2D eigenvalue weighted by Gasteiger charge is -2.48. The Hall–Kier alpha value is -0.610. The van der Waals surface area contributed by atoms with Gasteiger partial charge in [-0.2, -0.15) is 0 Å². The highest BCUT2D eigenvalue weighted by Gasteiger charge is 2.42. The van der Waals surface area contributed by atoms with E-state index in [1.54, 1.807) is 0 Å². The van der Waals surface area contributed by atoms with Crippen molar-refractivity contribution in [2.24, 2.45) is 11.8 Å². The van der Waals surface area contributed by atoms with E-state index in [2.05, 4.69) is 32.6 Å². The molecule has 1 saturated carbocycles. The molecule has 4 nitrogen and oxygen atoms in total. The second-order valence-electron chi connectivity index (χ2n) is 7.60. The van der Waals surface area contributed by atoms with E-state index >= 15 is 0 Å². The molecule has 122 valence electrons. The Morgan fingerprint density at radius 1 is 1.38 bits per heavy atom. The maximum atomic E-state index is 11.7. The van der Waals surface area contributed by atoms with E-state index < -0.39 is 5.97 Å². The number of morpholine rings is 1. The first-order chi connectivity index (χ1) is 9.82. The molecule has 0 amide bonds. The van der Waals surface area contributed by atoms with E-state index in [4.69, 9.17) is 4.74 Å². The minimum atomic E-state index is -0.619. The van der Waals surface area contributed by atoms with Crippen LogP contribution in [0.25, 0.3) is 0 Å². The molecule has 2 fully saturated rings. The summed E-state index contributed by atoms with van der Waals surface area (Å²) in [7, 11) is 0. The third kappa shape index (κ3) is 4.19. The molecule has 2 aliphatic rings. The van der Waals surface area contributed by atoms with E-state index in [9.17, 15) is 9.90 Å². The van der Waals surface area contributed by atoms with Gasteiger partial charge in [0.25, 0.3) is 0 Å². The summed E-state index contributed by atoms with van der Waals surface area (Å²) < 4.78 is 5.98. The summed E-state index contributed by atoms with van der Waals surface area (Å²) in [6.45, 7) is 10.2. The summed E-state index contributed by atoms with van der Waals surface area (Å²) >= 11 is 0. The molecule has 1 aliphatic carbocycles. The van der Waals surface area contributed by atoms with Crippen LogP contribution in [0.4, 0.5) is 0 Å². The van der Waals surface area contributed by atoms with Crippen LogP contribution in [0.1, 0.15) is 59.8 Å². The Labute approximate surface area is 128 Å². The van der Waals surface area contributed by atoms with Gasteiger partial charge in [-0.25, -0.2) is 0 Å². The van der Waals surface area contributed by atoms with Gasteiger partial charge >= 0.3 is 5.97 Å². The Kier molecular flexibility index (Phi) is 5.31. The first-order valence-electron chi connectivity index (χ1n) is 8.47. The van der Waals surface area contributed by atoms with Gasteiger partial charge in [0.2, 0.25) is 0 Å². The number of ether oxygens (including phenoxy) is 1. The average molecular weight is 297 g/mol. The Bertz CT molecular complexity index is 369. The Morgan fingerprint density at radius 2 is 2.10 bits per heavy atom. The molecule has 0 aromatic heterocycles. The molecular formula is C17H31NO3. The van der Waals surface area contributed by atoms with Gasteiger partial charge in [0.15, 0.2) is 0 Å². The number of aliphatic carboxylic acids is 1. The molecular weight excluding hydrogens is 266 g/mol. The fourth-order valence-electron chi connectivity index (χ4n) is 4.35. The number of carboxylic acids is 1. The number of hydrogen-bond donors (Lipinski definition) is 1. The normalized spacial score (nSPS) is 37.3. The minimum Gasteiger partial charge on any atom is -0.481 e. The van der Waals surface area contributed by atoms with Crippen molar-refractivity contribution in [1.82, 2.24) is 4.90 Å². The molecule has 0 spiro atoms. The molecule has 21 heavy (non-hydrogen) atoms. The molecule has 1 N–H and O–H groups in total. The molecule has 4 heteroatoms. The highest BCUT2D eigenvalue weighted by Crippen LogP contribution is 2.37. The van der Waals surface area contributed by atoms with Crippen molar-refractivity contribution < 1.29 is 14.6 Å². The fourth-order valence-corrected chi connectivity index (χ4v) is 4.35. The molecule has 1 aliphatic heterocycles. The predicted molar refractivity (Wildman–Crippen MR) is 83.4 cm³/mol. The van der Waals surface area contributed by atoms with Crippen LogP contribution in [0.2, 0.25) is 0 Å². The predicted octanol–water partition coefficient (Wildman–Crippen LogP) is 3.16. The van der Waals surface area contributed by atoms with E-state index in [-0.39, 0.29) is 23.7 Å². The standard InChI is InChI=1S/C17H31NO3/c1-5-6-13-7-8-14(16(19)20)15(9-13)18-10-12(2)21-17(3,4)11-18/h12-15H,5-11H2,1-4H3,(H,19,20). The molecule has 0 aromatic carbocycles. The van der Waals surface area contributed by atoms with Gasteiger partial charge in [-0.1, -0.05) is 19.8 Å². The van der Waals surface area contributed by atoms with Crippen molar-refractivity contribution in [3.8, 4) is 0 Å². The lowest BCUT2D eigenvalue weighted by Crippen LogP contribution is -2.58. The third-order valence-corrected chi connectivity index (χ3v) is 5.00. The summed E-state index contributed by atoms with van der Waals surface area (Å²) in [6.07, 6.45) is 5.54. The van der Waals surface area contributed by atoms with Crippen molar-refractivity contribution in [1.29, 1.82) is 0 Å². The van der Waals surface area contributed by atoms with Gasteiger partial charge in [-0.15, -0.1) is 0 Å². The molecule has 4 unspecified atom stereocenters. The van der Waals surface area contributed by atoms with E-state index in [1.807, 2.05) is 0 Å². The van der Waals surface area contributed by atoms with Gasteiger partial charge in [-0.3, -0.25) is 9.69 Å². The number of hydrogen-bond acceptors (Lipinski definition) is 3. The third-order valence-electron chi connectivity index (χ3n) is 5.00. The second kappa shape index (κ2) is 6.66. The zero-order chi connectivity index (χ0) is 15.6. The van der Waals surface area contributed by atoms with E-state index in [0.717, 1.165) is 32.4 Å². The van der Waals surface area contributed by atoms with Crippen molar-refractivity contribution in [2.75, 3.05) is 13.1 Å². The smallest absolute Gasteiger partial charge is 0.308 e. The van der Waals surface area contributed by atoms with Gasteiger partial charge < -0.3 is 9.84 Å². The largest absolute Gasteiger partial charge is 0.481 e. The van der Waals surface area contributed by atoms with Gasteiger partial charge in [0.1, 0.15) is 0 Å². The maximum absolute atomic E-state index is 11.7. The molecule has 2 rings (SSSR count). The number of nitrogens with zero attached hydrogens (tertiary/aromatic N) is 1. The van der Waals surface area contributed by atoms with Crippen molar-refractivity contribution in [2.45, 2.75) is 77.5 Å². The summed E-state index contributed by atoms with van der Waals surface area (Å²) in [5.74, 6) is -0.136. The number of rotatable bonds is 4. The van der Waals surface area contributed by atoms with Gasteiger partial charge in [-0.05, 0) is 46.0 Å². The van der Waals surface area contributed by atoms with Crippen molar-refractivity contribution in [3.05, 3.63) is 0 Å². The molecule has 0 aromatic rings. The summed E-state index contributed by atoms with van der Waals surface area (Å²) in [6, 6.07) is 0.179. The van der Waals surface area contributed by atoms with Crippen LogP contribution in [0, 0.1) is 11.8 Å². The summed E-state index contributed by atoms with van der Waals surface area (Å²) in [4.78, 5) is 14.1. The lowest BCUT2D eigenvalue weighted by atomic mass is 9.75. The van der Waals surface area contributed by atoms with Crippen LogP contribution in [0.3, 0.4) is 0 Å². The first kappa shape index (κ1) is 16.8. The fraction of sp³-hybridized carbons (Fsp3) is 0.941. The zero-order valence-electron chi connectivity index (χ0n) is 14.0. The SMILES string of the molecule is CCCC1CCC(C(=O)O)C(N2CC(C)OC(C)(C)C2)C1.